The number of carbonyl (C=O) groups is 1. The summed E-state index contributed by atoms with van der Waals surface area (Å²) in [6, 6.07) is 13.8. The molecule has 3 atom stereocenters. The average molecular weight is 429 g/mol. The van der Waals surface area contributed by atoms with Gasteiger partial charge in [-0.05, 0) is 57.8 Å². The van der Waals surface area contributed by atoms with Crippen LogP contribution in [0, 0.1) is 13.8 Å². The van der Waals surface area contributed by atoms with Gasteiger partial charge >= 0.3 is 0 Å². The molecule has 1 heterocycles. The van der Waals surface area contributed by atoms with Crippen molar-refractivity contribution in [2.75, 3.05) is 13.1 Å². The largest absolute Gasteiger partial charge is 0.489 e. The number of nitrogens with two attached hydrogens (primary N) is 1. The number of ether oxygens (including phenoxy) is 1. The number of hydrogen-bond donors (Lipinski definition) is 1. The Morgan fingerprint density at radius 2 is 1.77 bits per heavy atom. The van der Waals surface area contributed by atoms with E-state index in [0.29, 0.717) is 13.0 Å². The van der Waals surface area contributed by atoms with Gasteiger partial charge in [-0.1, -0.05) is 53.9 Å². The minimum Gasteiger partial charge on any atom is -0.489 e. The quantitative estimate of drug-likeness (QED) is 0.349. The summed E-state index contributed by atoms with van der Waals surface area (Å²) in [5, 5.41) is 0. The van der Waals surface area contributed by atoms with Gasteiger partial charge in [0, 0.05) is 17.5 Å². The first-order chi connectivity index (χ1) is 14.5. The summed E-state index contributed by atoms with van der Waals surface area (Å²) in [6.07, 6.45) is 5.03. The first kappa shape index (κ1) is 22.8. The molecule has 1 aliphatic heterocycles. The van der Waals surface area contributed by atoms with Crippen LogP contribution in [-0.4, -0.2) is 35.8 Å². The molecule has 2 aromatic carbocycles. The van der Waals surface area contributed by atoms with Crippen LogP contribution in [0.3, 0.4) is 0 Å². The van der Waals surface area contributed by atoms with E-state index in [1.54, 1.807) is 0 Å². The van der Waals surface area contributed by atoms with E-state index in [4.69, 9.17) is 22.1 Å². The van der Waals surface area contributed by atoms with Crippen molar-refractivity contribution in [2.45, 2.75) is 63.6 Å². The van der Waals surface area contributed by atoms with Crippen molar-refractivity contribution < 1.29 is 9.53 Å². The third kappa shape index (κ3) is 6.07. The molecule has 2 N–H and O–H groups in total. The number of piperidine rings is 1. The molecule has 4 nitrogen and oxygen atoms in total. The number of hydrogen-bond acceptors (Lipinski definition) is 4. The van der Waals surface area contributed by atoms with E-state index in [2.05, 4.69) is 36.9 Å². The van der Waals surface area contributed by atoms with Gasteiger partial charge in [-0.3, -0.25) is 4.90 Å². The molecule has 0 amide bonds. The number of nitrogens with zero attached hydrogens (tertiary/aromatic N) is 1. The van der Waals surface area contributed by atoms with E-state index in [1.165, 1.54) is 17.5 Å². The summed E-state index contributed by atoms with van der Waals surface area (Å²) in [6.45, 7) is 6.58. The minimum absolute atomic E-state index is 0.254. The van der Waals surface area contributed by atoms with E-state index in [9.17, 15) is 4.79 Å². The van der Waals surface area contributed by atoms with E-state index in [0.717, 1.165) is 49.1 Å². The second kappa shape index (κ2) is 10.9. The summed E-state index contributed by atoms with van der Waals surface area (Å²) < 4.78 is 6.13. The zero-order valence-corrected chi connectivity index (χ0v) is 18.8. The van der Waals surface area contributed by atoms with Crippen LogP contribution in [0.1, 0.15) is 53.9 Å². The SMILES string of the molecule is Cc1cc(C)cc(COc2ccccc2C(C=O)CC(N)C(Cl)N2CCCCC2)c1. The topological polar surface area (TPSA) is 55.6 Å². The number of carbonyl (C=O) groups excluding carboxylic acids is 1. The van der Waals surface area contributed by atoms with E-state index in [-0.39, 0.29) is 17.5 Å². The average Bonchev–Trinajstić information content (AvgIpc) is 2.75. The molecule has 1 saturated heterocycles. The van der Waals surface area contributed by atoms with Crippen LogP contribution in [0.15, 0.2) is 42.5 Å². The maximum absolute atomic E-state index is 12.0. The zero-order chi connectivity index (χ0) is 21.5. The molecule has 1 fully saturated rings. The lowest BCUT2D eigenvalue weighted by Gasteiger charge is -2.34. The van der Waals surface area contributed by atoms with Crippen LogP contribution in [0.2, 0.25) is 0 Å². The van der Waals surface area contributed by atoms with Crippen LogP contribution in [0.5, 0.6) is 5.75 Å². The van der Waals surface area contributed by atoms with Crippen LogP contribution in [0.25, 0.3) is 0 Å². The van der Waals surface area contributed by atoms with Crippen LogP contribution < -0.4 is 10.5 Å². The summed E-state index contributed by atoms with van der Waals surface area (Å²) in [7, 11) is 0. The Labute approximate surface area is 185 Å². The predicted molar refractivity (Wildman–Crippen MR) is 123 cm³/mol. The Morgan fingerprint density at radius 3 is 2.43 bits per heavy atom. The van der Waals surface area contributed by atoms with Gasteiger partial charge in [0.2, 0.25) is 0 Å². The first-order valence-corrected chi connectivity index (χ1v) is 11.3. The lowest BCUT2D eigenvalue weighted by atomic mass is 9.92. The van der Waals surface area contributed by atoms with E-state index < -0.39 is 0 Å². The van der Waals surface area contributed by atoms with Gasteiger partial charge in [-0.15, -0.1) is 11.6 Å². The van der Waals surface area contributed by atoms with Crippen molar-refractivity contribution >= 4 is 17.9 Å². The predicted octanol–water partition coefficient (Wildman–Crippen LogP) is 4.93. The van der Waals surface area contributed by atoms with Crippen molar-refractivity contribution in [1.82, 2.24) is 4.90 Å². The van der Waals surface area contributed by atoms with Gasteiger partial charge in [0.1, 0.15) is 24.1 Å². The molecule has 162 valence electrons. The van der Waals surface area contributed by atoms with Crippen LogP contribution in [0.4, 0.5) is 0 Å². The van der Waals surface area contributed by atoms with Gasteiger partial charge in [-0.2, -0.15) is 0 Å². The van der Waals surface area contributed by atoms with Crippen LogP contribution in [-0.2, 0) is 11.4 Å². The molecule has 30 heavy (non-hydrogen) atoms. The normalized spacial score (nSPS) is 17.9. The fraction of sp³-hybridized carbons (Fsp3) is 0.480. The summed E-state index contributed by atoms with van der Waals surface area (Å²) >= 11 is 6.66. The highest BCUT2D eigenvalue weighted by Gasteiger charge is 2.28. The first-order valence-electron chi connectivity index (χ1n) is 10.9. The lowest BCUT2D eigenvalue weighted by molar-refractivity contribution is -0.109. The highest BCUT2D eigenvalue weighted by Crippen LogP contribution is 2.31. The zero-order valence-electron chi connectivity index (χ0n) is 18.0. The Morgan fingerprint density at radius 1 is 1.10 bits per heavy atom. The highest BCUT2D eigenvalue weighted by molar-refractivity contribution is 6.20. The second-order valence-corrected chi connectivity index (χ2v) is 8.88. The fourth-order valence-corrected chi connectivity index (χ4v) is 4.63. The minimum atomic E-state index is -0.346. The molecule has 2 aromatic rings. The highest BCUT2D eigenvalue weighted by atomic mass is 35.5. The van der Waals surface area contributed by atoms with Gasteiger partial charge in [0.15, 0.2) is 0 Å². The van der Waals surface area contributed by atoms with Crippen LogP contribution >= 0.6 is 11.6 Å². The van der Waals surface area contributed by atoms with Crippen molar-refractivity contribution in [3.8, 4) is 5.75 Å². The number of rotatable bonds is 9. The maximum atomic E-state index is 12.0. The smallest absolute Gasteiger partial charge is 0.127 e. The molecular formula is C25H33ClN2O2. The fourth-order valence-electron chi connectivity index (χ4n) is 4.33. The summed E-state index contributed by atoms with van der Waals surface area (Å²) in [5.74, 6) is 0.381. The van der Waals surface area contributed by atoms with Crippen molar-refractivity contribution in [1.29, 1.82) is 0 Å². The van der Waals surface area contributed by atoms with Gasteiger partial charge in [0.25, 0.3) is 0 Å². The van der Waals surface area contributed by atoms with E-state index >= 15 is 0 Å². The molecule has 5 heteroatoms. The summed E-state index contributed by atoms with van der Waals surface area (Å²) in [5.41, 5.74) is 10.6. The molecule has 0 radical (unpaired) electrons. The number of halogens is 1. The number of benzene rings is 2. The van der Waals surface area contributed by atoms with Crippen molar-refractivity contribution in [2.24, 2.45) is 5.73 Å². The number of para-hydroxylation sites is 1. The lowest BCUT2D eigenvalue weighted by Crippen LogP contribution is -2.47. The Bertz CT molecular complexity index is 815. The Hall–Kier alpha value is -1.88. The number of alkyl halides is 1. The standard InChI is InChI=1S/C25H33ClN2O2/c1-18-12-19(2)14-20(13-18)17-30-24-9-5-4-8-22(24)21(16-29)15-23(27)25(26)28-10-6-3-7-11-28/h4-5,8-9,12-14,16,21,23,25H,3,6-7,10-11,15,17,27H2,1-2H3. The molecule has 0 spiro atoms. The van der Waals surface area contributed by atoms with Crippen molar-refractivity contribution in [3.05, 3.63) is 64.7 Å². The number of aldehydes is 1. The maximum Gasteiger partial charge on any atom is 0.127 e. The molecule has 0 aliphatic carbocycles. The molecule has 3 rings (SSSR count). The third-order valence-corrected chi connectivity index (χ3v) is 6.38. The van der Waals surface area contributed by atoms with Gasteiger partial charge < -0.3 is 15.3 Å². The third-order valence-electron chi connectivity index (χ3n) is 5.78. The summed E-state index contributed by atoms with van der Waals surface area (Å²) in [4.78, 5) is 14.2. The molecular weight excluding hydrogens is 396 g/mol. The molecule has 0 saturated carbocycles. The Kier molecular flexibility index (Phi) is 8.32. The molecule has 0 bridgehead atoms. The van der Waals surface area contributed by atoms with E-state index in [1.807, 2.05) is 24.3 Å². The monoisotopic (exact) mass is 428 g/mol. The Balaban J connectivity index is 1.69. The molecule has 3 unspecified atom stereocenters. The van der Waals surface area contributed by atoms with Gasteiger partial charge in [0.05, 0.1) is 0 Å². The van der Waals surface area contributed by atoms with Crippen molar-refractivity contribution in [3.63, 3.8) is 0 Å². The van der Waals surface area contributed by atoms with Gasteiger partial charge in [-0.25, -0.2) is 0 Å². The number of likely N-dealkylation sites (tertiary alicyclic amines) is 1. The molecule has 1 aliphatic rings. The molecule has 0 aromatic heterocycles. The number of aryl methyl sites for hydroxylation is 2. The second-order valence-electron chi connectivity index (χ2n) is 8.43.